The molecule has 0 aliphatic carbocycles. The fourth-order valence-electron chi connectivity index (χ4n) is 1.36. The van der Waals surface area contributed by atoms with Gasteiger partial charge >= 0.3 is 0 Å². The molecule has 0 amide bonds. The summed E-state index contributed by atoms with van der Waals surface area (Å²) in [6, 6.07) is 4.69. The normalized spacial score (nSPS) is 12.1. The molecule has 0 fully saturated rings. The number of fused-ring (bicyclic) bond motifs is 1. The molecule has 0 unspecified atom stereocenters. The summed E-state index contributed by atoms with van der Waals surface area (Å²) < 4.78 is 23.2. The van der Waals surface area contributed by atoms with Gasteiger partial charge < -0.3 is 5.73 Å². The zero-order valence-corrected chi connectivity index (χ0v) is 10.0. The highest BCUT2D eigenvalue weighted by atomic mass is 32.2. The maximum absolute atomic E-state index is 11.1. The maximum atomic E-state index is 11.1. The van der Waals surface area contributed by atoms with E-state index >= 15 is 0 Å². The molecule has 0 bridgehead atoms. The summed E-state index contributed by atoms with van der Waals surface area (Å²) in [5.41, 5.74) is 6.09. The monoisotopic (exact) mass is 257 g/mol. The fourth-order valence-corrected chi connectivity index (χ4v) is 2.86. The van der Waals surface area contributed by atoms with Gasteiger partial charge in [-0.05, 0) is 24.7 Å². The van der Waals surface area contributed by atoms with Gasteiger partial charge in [-0.15, -0.1) is 11.3 Å². The van der Waals surface area contributed by atoms with Crippen molar-refractivity contribution in [3.63, 3.8) is 0 Å². The molecular formula is C9H11N3O2S2. The lowest BCUT2D eigenvalue weighted by atomic mass is 10.3. The quantitative estimate of drug-likeness (QED) is 0.833. The van der Waals surface area contributed by atoms with Gasteiger partial charge in [-0.1, -0.05) is 0 Å². The predicted molar refractivity (Wildman–Crippen MR) is 63.8 cm³/mol. The van der Waals surface area contributed by atoms with Crippen molar-refractivity contribution >= 4 is 31.6 Å². The number of nitrogens with two attached hydrogens (primary N) is 2. The van der Waals surface area contributed by atoms with E-state index in [9.17, 15) is 8.42 Å². The lowest BCUT2D eigenvalue weighted by molar-refractivity contribution is 0.598. The molecule has 0 aliphatic heterocycles. The maximum Gasteiger partial charge on any atom is 0.238 e. The zero-order valence-electron chi connectivity index (χ0n) is 8.38. The summed E-state index contributed by atoms with van der Waals surface area (Å²) in [7, 11) is -3.66. The Balaban J connectivity index is 2.54. The van der Waals surface area contributed by atoms with Gasteiger partial charge in [0.25, 0.3) is 0 Å². The van der Waals surface area contributed by atoms with E-state index in [0.717, 1.165) is 9.71 Å². The van der Waals surface area contributed by atoms with Crippen LogP contribution in [0.5, 0.6) is 0 Å². The molecule has 2 aromatic rings. The molecule has 1 aromatic carbocycles. The van der Waals surface area contributed by atoms with Crippen LogP contribution in [0.1, 0.15) is 5.01 Å². The van der Waals surface area contributed by atoms with Gasteiger partial charge in [0.2, 0.25) is 10.0 Å². The molecule has 0 saturated carbocycles. The smallest absolute Gasteiger partial charge is 0.238 e. The summed E-state index contributed by atoms with van der Waals surface area (Å²) in [5.74, 6) is 0. The Labute approximate surface area is 97.1 Å². The number of nitrogens with zero attached hydrogens (tertiary/aromatic N) is 1. The average molecular weight is 257 g/mol. The minimum atomic E-state index is -3.66. The second-order valence-corrected chi connectivity index (χ2v) is 6.00. The van der Waals surface area contributed by atoms with Crippen molar-refractivity contribution < 1.29 is 8.42 Å². The molecule has 5 nitrogen and oxygen atoms in total. The first-order chi connectivity index (χ1) is 7.50. The summed E-state index contributed by atoms with van der Waals surface area (Å²) in [4.78, 5) is 4.38. The largest absolute Gasteiger partial charge is 0.330 e. The molecule has 16 heavy (non-hydrogen) atoms. The molecule has 4 N–H and O–H groups in total. The number of thiazole rings is 1. The van der Waals surface area contributed by atoms with Gasteiger partial charge in [0.15, 0.2) is 0 Å². The van der Waals surface area contributed by atoms with Crippen LogP contribution in [0.4, 0.5) is 0 Å². The Morgan fingerprint density at radius 2 is 2.12 bits per heavy atom. The Morgan fingerprint density at radius 1 is 1.38 bits per heavy atom. The molecule has 0 saturated heterocycles. The second-order valence-electron chi connectivity index (χ2n) is 3.32. The van der Waals surface area contributed by atoms with Gasteiger partial charge in [0.05, 0.1) is 20.1 Å². The van der Waals surface area contributed by atoms with Crippen LogP contribution in [0.3, 0.4) is 0 Å². The summed E-state index contributed by atoms with van der Waals surface area (Å²) in [5, 5.41) is 5.95. The SMILES string of the molecule is NCCc1nc2cc(S(N)(=O)=O)ccc2s1. The van der Waals surface area contributed by atoms with Gasteiger partial charge in [0, 0.05) is 6.42 Å². The van der Waals surface area contributed by atoms with Crippen molar-refractivity contribution in [2.75, 3.05) is 6.54 Å². The van der Waals surface area contributed by atoms with E-state index in [-0.39, 0.29) is 4.90 Å². The first-order valence-electron chi connectivity index (χ1n) is 4.63. The molecule has 1 heterocycles. The van der Waals surface area contributed by atoms with Crippen LogP contribution in [-0.4, -0.2) is 19.9 Å². The zero-order chi connectivity index (χ0) is 11.8. The third kappa shape index (κ3) is 2.22. The minimum absolute atomic E-state index is 0.0876. The van der Waals surface area contributed by atoms with E-state index in [4.69, 9.17) is 10.9 Å². The van der Waals surface area contributed by atoms with Crippen molar-refractivity contribution in [2.45, 2.75) is 11.3 Å². The fraction of sp³-hybridized carbons (Fsp3) is 0.222. The van der Waals surface area contributed by atoms with E-state index in [1.54, 1.807) is 6.07 Å². The highest BCUT2D eigenvalue weighted by molar-refractivity contribution is 7.89. The number of sulfonamides is 1. The molecular weight excluding hydrogens is 246 g/mol. The van der Waals surface area contributed by atoms with Crippen molar-refractivity contribution in [1.29, 1.82) is 0 Å². The molecule has 1 aromatic heterocycles. The Morgan fingerprint density at radius 3 is 2.75 bits per heavy atom. The lowest BCUT2D eigenvalue weighted by Crippen LogP contribution is -2.11. The van der Waals surface area contributed by atoms with Crippen LogP contribution in [0.25, 0.3) is 10.2 Å². The third-order valence-electron chi connectivity index (χ3n) is 2.09. The Bertz CT molecular complexity index is 619. The molecule has 0 atom stereocenters. The van der Waals surface area contributed by atoms with Gasteiger partial charge in [-0.25, -0.2) is 18.5 Å². The van der Waals surface area contributed by atoms with Crippen molar-refractivity contribution in [2.24, 2.45) is 10.9 Å². The number of aromatic nitrogens is 1. The van der Waals surface area contributed by atoms with Gasteiger partial charge in [-0.2, -0.15) is 0 Å². The highest BCUT2D eigenvalue weighted by Crippen LogP contribution is 2.24. The molecule has 0 aliphatic rings. The van der Waals surface area contributed by atoms with Crippen LogP contribution in [-0.2, 0) is 16.4 Å². The van der Waals surface area contributed by atoms with Crippen LogP contribution >= 0.6 is 11.3 Å². The van der Waals surface area contributed by atoms with E-state index in [2.05, 4.69) is 4.98 Å². The Kier molecular flexibility index (Phi) is 2.94. The van der Waals surface area contributed by atoms with Crippen LogP contribution in [0.2, 0.25) is 0 Å². The van der Waals surface area contributed by atoms with Crippen molar-refractivity contribution in [3.05, 3.63) is 23.2 Å². The summed E-state index contributed by atoms with van der Waals surface area (Å²) in [6.45, 7) is 0.530. The van der Waals surface area contributed by atoms with Crippen LogP contribution in [0, 0.1) is 0 Å². The minimum Gasteiger partial charge on any atom is -0.330 e. The summed E-state index contributed by atoms with van der Waals surface area (Å²) in [6.07, 6.45) is 0.698. The van der Waals surface area contributed by atoms with Gasteiger partial charge in [0.1, 0.15) is 0 Å². The number of hydrogen-bond donors (Lipinski definition) is 2. The Hall–Kier alpha value is -1.02. The number of hydrogen-bond acceptors (Lipinski definition) is 5. The average Bonchev–Trinajstić information content (AvgIpc) is 2.57. The molecule has 7 heteroatoms. The van der Waals surface area contributed by atoms with E-state index in [1.807, 2.05) is 0 Å². The topological polar surface area (TPSA) is 99.1 Å². The second kappa shape index (κ2) is 4.10. The van der Waals surface area contributed by atoms with Crippen molar-refractivity contribution in [3.8, 4) is 0 Å². The first kappa shape index (κ1) is 11.5. The standard InChI is InChI=1S/C9H11N3O2S2/c10-4-3-9-12-7-5-6(16(11,13)14)1-2-8(7)15-9/h1-2,5H,3-4,10H2,(H2,11,13,14). The number of primary sulfonamides is 1. The molecule has 2 rings (SSSR count). The first-order valence-corrected chi connectivity index (χ1v) is 6.99. The highest BCUT2D eigenvalue weighted by Gasteiger charge is 2.10. The van der Waals surface area contributed by atoms with E-state index in [0.29, 0.717) is 18.5 Å². The van der Waals surface area contributed by atoms with Crippen LogP contribution < -0.4 is 10.9 Å². The summed E-state index contributed by atoms with van der Waals surface area (Å²) >= 11 is 1.51. The number of benzene rings is 1. The van der Waals surface area contributed by atoms with Gasteiger partial charge in [-0.3, -0.25) is 0 Å². The molecule has 86 valence electrons. The molecule has 0 radical (unpaired) electrons. The van der Waals surface area contributed by atoms with Crippen molar-refractivity contribution in [1.82, 2.24) is 4.98 Å². The lowest BCUT2D eigenvalue weighted by Gasteiger charge is -1.95. The van der Waals surface area contributed by atoms with E-state index in [1.165, 1.54) is 23.5 Å². The molecule has 0 spiro atoms. The van der Waals surface area contributed by atoms with E-state index < -0.39 is 10.0 Å². The number of rotatable bonds is 3. The predicted octanol–water partition coefficient (Wildman–Crippen LogP) is 0.445. The third-order valence-corrected chi connectivity index (χ3v) is 4.10. The van der Waals surface area contributed by atoms with Crippen LogP contribution in [0.15, 0.2) is 23.1 Å².